The maximum Gasteiger partial charge on any atom is 0.115 e. The van der Waals surface area contributed by atoms with Crippen LogP contribution in [0.2, 0.25) is 0 Å². The third kappa shape index (κ3) is 1.86. The van der Waals surface area contributed by atoms with Crippen LogP contribution in [0.1, 0.15) is 18.4 Å². The molecule has 1 unspecified atom stereocenters. The molecule has 0 bridgehead atoms. The van der Waals surface area contributed by atoms with Crippen LogP contribution < -0.4 is 5.32 Å². The quantitative estimate of drug-likeness (QED) is 0.806. The van der Waals surface area contributed by atoms with Crippen LogP contribution in [0.15, 0.2) is 30.3 Å². The zero-order chi connectivity index (χ0) is 11.0. The molecule has 0 radical (unpaired) electrons. The Morgan fingerprint density at radius 3 is 2.38 bits per heavy atom. The molecule has 2 heteroatoms. The average Bonchev–Trinajstić information content (AvgIpc) is 2.77. The lowest BCUT2D eigenvalue weighted by Crippen LogP contribution is -2.25. The highest BCUT2D eigenvalue weighted by molar-refractivity contribution is 5.18. The molecule has 0 aromatic heterocycles. The molecule has 16 heavy (non-hydrogen) atoms. The Balaban J connectivity index is 1.71. The molecule has 1 nitrogen and oxygen atoms in total. The minimum absolute atomic E-state index is 0.578. The van der Waals surface area contributed by atoms with E-state index < -0.39 is 5.67 Å². The van der Waals surface area contributed by atoms with Gasteiger partial charge in [-0.1, -0.05) is 30.3 Å². The van der Waals surface area contributed by atoms with Gasteiger partial charge in [-0.2, -0.15) is 0 Å². The van der Waals surface area contributed by atoms with Crippen molar-refractivity contribution in [1.29, 1.82) is 0 Å². The van der Waals surface area contributed by atoms with Gasteiger partial charge in [0.1, 0.15) is 5.67 Å². The minimum Gasteiger partial charge on any atom is -0.316 e. The van der Waals surface area contributed by atoms with E-state index in [9.17, 15) is 4.39 Å². The Morgan fingerprint density at radius 2 is 1.75 bits per heavy atom. The summed E-state index contributed by atoms with van der Waals surface area (Å²) < 4.78 is 14.7. The fourth-order valence-corrected chi connectivity index (χ4v) is 3.39. The van der Waals surface area contributed by atoms with Crippen molar-refractivity contribution in [3.63, 3.8) is 0 Å². The molecule has 1 N–H and O–H groups in total. The van der Waals surface area contributed by atoms with E-state index in [1.807, 2.05) is 30.3 Å². The van der Waals surface area contributed by atoms with Crippen molar-refractivity contribution in [1.82, 2.24) is 5.32 Å². The fourth-order valence-electron chi connectivity index (χ4n) is 3.39. The zero-order valence-electron chi connectivity index (χ0n) is 9.45. The van der Waals surface area contributed by atoms with Gasteiger partial charge in [0.05, 0.1) is 0 Å². The first-order chi connectivity index (χ1) is 7.75. The van der Waals surface area contributed by atoms with Gasteiger partial charge in [0.25, 0.3) is 0 Å². The third-order valence-corrected chi connectivity index (χ3v) is 4.10. The van der Waals surface area contributed by atoms with E-state index in [0.717, 1.165) is 31.5 Å². The molecular weight excluding hydrogens is 201 g/mol. The summed E-state index contributed by atoms with van der Waals surface area (Å²) in [6.07, 6.45) is 2.10. The van der Waals surface area contributed by atoms with Gasteiger partial charge >= 0.3 is 0 Å². The number of rotatable bonds is 2. The molecule has 1 aromatic carbocycles. The van der Waals surface area contributed by atoms with E-state index in [4.69, 9.17) is 0 Å². The van der Waals surface area contributed by atoms with Crippen LogP contribution in [-0.4, -0.2) is 18.8 Å². The summed E-state index contributed by atoms with van der Waals surface area (Å²) in [7, 11) is 0. The van der Waals surface area contributed by atoms with Crippen LogP contribution in [0.5, 0.6) is 0 Å². The molecule has 86 valence electrons. The average molecular weight is 219 g/mol. The molecule has 2 aliphatic rings. The van der Waals surface area contributed by atoms with Crippen LogP contribution in [0, 0.1) is 11.8 Å². The summed E-state index contributed by atoms with van der Waals surface area (Å²) in [6.45, 7) is 2.04. The van der Waals surface area contributed by atoms with E-state index in [2.05, 4.69) is 5.32 Å². The van der Waals surface area contributed by atoms with Crippen molar-refractivity contribution in [3.8, 4) is 0 Å². The molecule has 0 amide bonds. The normalized spacial score (nSPS) is 37.6. The fraction of sp³-hybridized carbons (Fsp3) is 0.571. The van der Waals surface area contributed by atoms with E-state index in [1.165, 1.54) is 0 Å². The first-order valence-corrected chi connectivity index (χ1v) is 6.19. The summed E-state index contributed by atoms with van der Waals surface area (Å²) in [5, 5.41) is 3.36. The zero-order valence-corrected chi connectivity index (χ0v) is 9.45. The molecule has 1 saturated carbocycles. The highest BCUT2D eigenvalue weighted by atomic mass is 19.1. The molecule has 1 aliphatic carbocycles. The summed E-state index contributed by atoms with van der Waals surface area (Å²) in [6, 6.07) is 10.1. The van der Waals surface area contributed by atoms with E-state index >= 15 is 0 Å². The number of hydrogen-bond acceptors (Lipinski definition) is 1. The Hall–Kier alpha value is -0.890. The lowest BCUT2D eigenvalue weighted by Gasteiger charge is -2.20. The van der Waals surface area contributed by atoms with Crippen molar-refractivity contribution in [2.24, 2.45) is 11.8 Å². The van der Waals surface area contributed by atoms with Gasteiger partial charge < -0.3 is 5.32 Å². The van der Waals surface area contributed by atoms with Gasteiger partial charge in [-0.15, -0.1) is 0 Å². The van der Waals surface area contributed by atoms with Gasteiger partial charge in [-0.05, 0) is 43.3 Å². The largest absolute Gasteiger partial charge is 0.316 e. The van der Waals surface area contributed by atoms with Crippen LogP contribution in [0.3, 0.4) is 0 Å². The summed E-state index contributed by atoms with van der Waals surface area (Å²) in [5.74, 6) is 1.16. The molecule has 3 atom stereocenters. The van der Waals surface area contributed by atoms with Crippen molar-refractivity contribution < 1.29 is 4.39 Å². The van der Waals surface area contributed by atoms with E-state index in [-0.39, 0.29) is 0 Å². The van der Waals surface area contributed by atoms with Crippen molar-refractivity contribution in [2.75, 3.05) is 13.1 Å². The van der Waals surface area contributed by atoms with Crippen LogP contribution >= 0.6 is 0 Å². The lowest BCUT2D eigenvalue weighted by molar-refractivity contribution is 0.159. The molecular formula is C14H18FN. The SMILES string of the molecule is FC1(Cc2ccccc2)C[C@H]2CNC[C@H]2C1. The Bertz CT molecular complexity index is 350. The van der Waals surface area contributed by atoms with Crippen LogP contribution in [0.4, 0.5) is 4.39 Å². The Kier molecular flexibility index (Phi) is 2.47. The summed E-state index contributed by atoms with van der Waals surface area (Å²) in [4.78, 5) is 0. The molecule has 3 rings (SSSR count). The number of fused-ring (bicyclic) bond motifs is 1. The van der Waals surface area contributed by atoms with Gasteiger partial charge in [-0.3, -0.25) is 0 Å². The molecule has 1 aliphatic heterocycles. The molecule has 0 spiro atoms. The topological polar surface area (TPSA) is 12.0 Å². The third-order valence-electron chi connectivity index (χ3n) is 4.10. The van der Waals surface area contributed by atoms with Crippen LogP contribution in [0.25, 0.3) is 0 Å². The summed E-state index contributed by atoms with van der Waals surface area (Å²) in [5.41, 5.74) is 0.191. The molecule has 1 aromatic rings. The molecule has 1 heterocycles. The predicted octanol–water partition coefficient (Wildman–Crippen LogP) is 2.57. The molecule has 1 saturated heterocycles. The standard InChI is InChI=1S/C14H18FN/c15-14(6-11-4-2-1-3-5-11)7-12-9-16-10-13(12)8-14/h1-5,12-13,16H,6-10H2/t12-,13+,14?. The second-order valence-corrected chi connectivity index (χ2v) is 5.40. The monoisotopic (exact) mass is 219 g/mol. The second kappa shape index (κ2) is 3.85. The second-order valence-electron chi connectivity index (χ2n) is 5.40. The number of nitrogens with one attached hydrogen (secondary N) is 1. The number of hydrogen-bond donors (Lipinski definition) is 1. The first-order valence-electron chi connectivity index (χ1n) is 6.19. The summed E-state index contributed by atoms with van der Waals surface area (Å²) >= 11 is 0. The minimum atomic E-state index is -0.946. The number of alkyl halides is 1. The Labute approximate surface area is 96.1 Å². The van der Waals surface area contributed by atoms with Crippen molar-refractivity contribution >= 4 is 0 Å². The molecule has 2 fully saturated rings. The number of benzene rings is 1. The maximum absolute atomic E-state index is 14.7. The van der Waals surface area contributed by atoms with Gasteiger partial charge in [0.2, 0.25) is 0 Å². The maximum atomic E-state index is 14.7. The van der Waals surface area contributed by atoms with Gasteiger partial charge in [-0.25, -0.2) is 4.39 Å². The van der Waals surface area contributed by atoms with Gasteiger partial charge in [0.15, 0.2) is 0 Å². The van der Waals surface area contributed by atoms with E-state index in [0.29, 0.717) is 18.3 Å². The van der Waals surface area contributed by atoms with Crippen molar-refractivity contribution in [2.45, 2.75) is 24.9 Å². The Morgan fingerprint density at radius 1 is 1.12 bits per heavy atom. The van der Waals surface area contributed by atoms with Crippen LogP contribution in [-0.2, 0) is 6.42 Å². The highest BCUT2D eigenvalue weighted by Crippen LogP contribution is 2.45. The van der Waals surface area contributed by atoms with Gasteiger partial charge in [0, 0.05) is 6.42 Å². The van der Waals surface area contributed by atoms with Crippen molar-refractivity contribution in [3.05, 3.63) is 35.9 Å². The highest BCUT2D eigenvalue weighted by Gasteiger charge is 2.47. The smallest absolute Gasteiger partial charge is 0.115 e. The van der Waals surface area contributed by atoms with E-state index in [1.54, 1.807) is 0 Å². The number of halogens is 1. The lowest BCUT2D eigenvalue weighted by atomic mass is 9.93. The first kappa shape index (κ1) is 10.3. The predicted molar refractivity (Wildman–Crippen MR) is 63.1 cm³/mol.